The van der Waals surface area contributed by atoms with Gasteiger partial charge in [-0.25, -0.2) is 0 Å². The summed E-state index contributed by atoms with van der Waals surface area (Å²) in [5.41, 5.74) is 6.42. The Morgan fingerprint density at radius 3 is 2.40 bits per heavy atom. The average molecular weight is 210 g/mol. The molecular weight excluding hydrogens is 192 g/mol. The van der Waals surface area contributed by atoms with Crippen LogP contribution in [0.25, 0.3) is 0 Å². The minimum atomic E-state index is -0.703. The van der Waals surface area contributed by atoms with E-state index >= 15 is 0 Å². The topological polar surface area (TPSA) is 64.1 Å². The molecule has 0 unspecified atom stereocenters. The number of nitrogens with two attached hydrogens (primary N) is 1. The van der Waals surface area contributed by atoms with Gasteiger partial charge in [0.15, 0.2) is 0 Å². The Labute approximate surface area is 89.9 Å². The molecule has 0 radical (unpaired) electrons. The number of amides is 1. The van der Waals surface area contributed by atoms with E-state index in [4.69, 9.17) is 5.73 Å². The van der Waals surface area contributed by atoms with Crippen LogP contribution in [0.5, 0.6) is 0 Å². The van der Waals surface area contributed by atoms with Gasteiger partial charge in [-0.05, 0) is 20.8 Å². The van der Waals surface area contributed by atoms with E-state index in [1.165, 1.54) is 0 Å². The van der Waals surface area contributed by atoms with Crippen LogP contribution in [0.15, 0.2) is 6.20 Å². The van der Waals surface area contributed by atoms with Gasteiger partial charge in [-0.3, -0.25) is 9.48 Å². The van der Waals surface area contributed by atoms with Gasteiger partial charge >= 0.3 is 0 Å². The molecule has 0 aromatic carbocycles. The van der Waals surface area contributed by atoms with Crippen molar-refractivity contribution in [1.82, 2.24) is 14.7 Å². The predicted molar refractivity (Wildman–Crippen MR) is 59.4 cm³/mol. The molecule has 1 aromatic rings. The normalized spacial score (nSPS) is 11.5. The summed E-state index contributed by atoms with van der Waals surface area (Å²) in [5.74, 6) is -0.00583. The van der Waals surface area contributed by atoms with Crippen LogP contribution in [-0.2, 0) is 10.3 Å². The van der Waals surface area contributed by atoms with Gasteiger partial charge in [-0.2, -0.15) is 5.10 Å². The van der Waals surface area contributed by atoms with Gasteiger partial charge in [0.25, 0.3) is 0 Å². The molecule has 5 nitrogen and oxygen atoms in total. The number of nitrogens with zero attached hydrogens (tertiary/aromatic N) is 3. The highest BCUT2D eigenvalue weighted by Crippen LogP contribution is 2.21. The second-order valence-corrected chi connectivity index (χ2v) is 4.36. The molecule has 0 saturated heterocycles. The molecule has 84 valence electrons. The largest absolute Gasteiger partial charge is 0.396 e. The first-order valence-corrected chi connectivity index (χ1v) is 4.80. The summed E-state index contributed by atoms with van der Waals surface area (Å²) in [6.07, 6.45) is 1.57. The number of aromatic nitrogens is 2. The van der Waals surface area contributed by atoms with E-state index in [1.807, 2.05) is 20.8 Å². The highest BCUT2D eigenvalue weighted by Gasteiger charge is 2.33. The molecule has 5 heteroatoms. The lowest BCUT2D eigenvalue weighted by Gasteiger charge is -2.28. The van der Waals surface area contributed by atoms with Gasteiger partial charge in [0.2, 0.25) is 5.91 Å². The molecule has 1 rings (SSSR count). The molecule has 15 heavy (non-hydrogen) atoms. The third kappa shape index (κ3) is 1.82. The molecule has 0 bridgehead atoms. The van der Waals surface area contributed by atoms with Crippen molar-refractivity contribution in [2.75, 3.05) is 19.8 Å². The summed E-state index contributed by atoms with van der Waals surface area (Å²) in [6, 6.07) is 0. The number of hydrogen-bond donors (Lipinski definition) is 1. The number of carbonyl (C=O) groups is 1. The second-order valence-electron chi connectivity index (χ2n) is 4.36. The minimum Gasteiger partial charge on any atom is -0.396 e. The van der Waals surface area contributed by atoms with Crippen molar-refractivity contribution in [3.05, 3.63) is 11.9 Å². The highest BCUT2D eigenvalue weighted by atomic mass is 16.2. The van der Waals surface area contributed by atoms with Crippen molar-refractivity contribution in [3.63, 3.8) is 0 Å². The van der Waals surface area contributed by atoms with Gasteiger partial charge in [-0.15, -0.1) is 0 Å². The van der Waals surface area contributed by atoms with Crippen molar-refractivity contribution in [3.8, 4) is 0 Å². The Morgan fingerprint density at radius 1 is 1.53 bits per heavy atom. The van der Waals surface area contributed by atoms with Crippen LogP contribution in [0.1, 0.15) is 19.5 Å². The number of nitrogen functional groups attached to an aromatic ring is 1. The number of hydrogen-bond acceptors (Lipinski definition) is 3. The summed E-state index contributed by atoms with van der Waals surface area (Å²) in [5, 5.41) is 4.13. The highest BCUT2D eigenvalue weighted by molar-refractivity contribution is 5.83. The number of anilines is 1. The lowest BCUT2D eigenvalue weighted by atomic mass is 10.0. The van der Waals surface area contributed by atoms with Crippen molar-refractivity contribution in [1.29, 1.82) is 0 Å². The summed E-state index contributed by atoms with van der Waals surface area (Å²) >= 11 is 0. The van der Waals surface area contributed by atoms with Crippen LogP contribution in [-0.4, -0.2) is 34.7 Å². The van der Waals surface area contributed by atoms with Crippen molar-refractivity contribution in [2.24, 2.45) is 0 Å². The summed E-state index contributed by atoms with van der Waals surface area (Å²) in [4.78, 5) is 13.5. The molecule has 0 aliphatic rings. The molecule has 2 N–H and O–H groups in total. The minimum absolute atomic E-state index is 0.00583. The van der Waals surface area contributed by atoms with E-state index in [0.717, 1.165) is 5.69 Å². The molecule has 0 atom stereocenters. The number of likely N-dealkylation sites (N-methyl/N-ethyl adjacent to an activating group) is 1. The number of rotatable bonds is 2. The van der Waals surface area contributed by atoms with E-state index < -0.39 is 5.54 Å². The first kappa shape index (κ1) is 11.6. The zero-order valence-corrected chi connectivity index (χ0v) is 9.90. The Hall–Kier alpha value is -1.52. The van der Waals surface area contributed by atoms with E-state index in [1.54, 1.807) is 29.9 Å². The maximum atomic E-state index is 12.0. The summed E-state index contributed by atoms with van der Waals surface area (Å²) < 4.78 is 1.66. The Morgan fingerprint density at radius 2 is 2.07 bits per heavy atom. The lowest BCUT2D eigenvalue weighted by Crippen LogP contribution is -2.44. The van der Waals surface area contributed by atoms with Crippen LogP contribution in [0.3, 0.4) is 0 Å². The quantitative estimate of drug-likeness (QED) is 0.777. The van der Waals surface area contributed by atoms with Gasteiger partial charge in [-0.1, -0.05) is 0 Å². The first-order valence-electron chi connectivity index (χ1n) is 4.80. The van der Waals surface area contributed by atoms with Gasteiger partial charge in [0, 0.05) is 14.1 Å². The number of carbonyl (C=O) groups excluding carboxylic acids is 1. The van der Waals surface area contributed by atoms with E-state index in [9.17, 15) is 4.79 Å². The lowest BCUT2D eigenvalue weighted by molar-refractivity contribution is -0.137. The molecule has 0 spiro atoms. The fourth-order valence-corrected chi connectivity index (χ4v) is 1.62. The maximum Gasteiger partial charge on any atom is 0.249 e. The van der Waals surface area contributed by atoms with Gasteiger partial charge in [0.1, 0.15) is 5.54 Å². The molecule has 1 amide bonds. The Kier molecular flexibility index (Phi) is 2.75. The second kappa shape index (κ2) is 3.56. The standard InChI is InChI=1S/C10H18N4O/c1-7-8(11)6-12-14(7)10(2,3)9(15)13(4)5/h6H,11H2,1-5H3. The monoisotopic (exact) mass is 210 g/mol. The van der Waals surface area contributed by atoms with Crippen LogP contribution >= 0.6 is 0 Å². The van der Waals surface area contributed by atoms with Crippen LogP contribution < -0.4 is 5.73 Å². The fraction of sp³-hybridized carbons (Fsp3) is 0.600. The van der Waals surface area contributed by atoms with E-state index in [2.05, 4.69) is 5.10 Å². The third-order valence-electron chi connectivity index (χ3n) is 2.51. The zero-order valence-electron chi connectivity index (χ0n) is 9.90. The molecule has 0 aliphatic carbocycles. The molecule has 0 fully saturated rings. The zero-order chi connectivity index (χ0) is 11.8. The van der Waals surface area contributed by atoms with Crippen LogP contribution in [0, 0.1) is 6.92 Å². The Bertz CT molecular complexity index is 379. The van der Waals surface area contributed by atoms with Crippen molar-refractivity contribution >= 4 is 11.6 Å². The average Bonchev–Trinajstić information content (AvgIpc) is 2.46. The van der Waals surface area contributed by atoms with Crippen LogP contribution in [0.2, 0.25) is 0 Å². The van der Waals surface area contributed by atoms with E-state index in [0.29, 0.717) is 5.69 Å². The Balaban J connectivity index is 3.16. The van der Waals surface area contributed by atoms with Crippen molar-refractivity contribution in [2.45, 2.75) is 26.3 Å². The molecule has 1 aromatic heterocycles. The first-order chi connectivity index (χ1) is 6.78. The van der Waals surface area contributed by atoms with Crippen LogP contribution in [0.4, 0.5) is 5.69 Å². The molecule has 0 aliphatic heterocycles. The molecule has 1 heterocycles. The van der Waals surface area contributed by atoms with Gasteiger partial charge < -0.3 is 10.6 Å². The van der Waals surface area contributed by atoms with Gasteiger partial charge in [0.05, 0.1) is 17.6 Å². The molecular formula is C10H18N4O. The van der Waals surface area contributed by atoms with E-state index in [-0.39, 0.29) is 5.91 Å². The SMILES string of the molecule is Cc1c(N)cnn1C(C)(C)C(=O)N(C)C. The molecule has 0 saturated carbocycles. The summed E-state index contributed by atoms with van der Waals surface area (Å²) in [6.45, 7) is 5.51. The summed E-state index contributed by atoms with van der Waals surface area (Å²) in [7, 11) is 3.46. The third-order valence-corrected chi connectivity index (χ3v) is 2.51. The fourth-order valence-electron chi connectivity index (χ4n) is 1.62. The smallest absolute Gasteiger partial charge is 0.249 e. The van der Waals surface area contributed by atoms with Crippen molar-refractivity contribution < 1.29 is 4.79 Å². The predicted octanol–water partition coefficient (Wildman–Crippen LogP) is 0.597. The maximum absolute atomic E-state index is 12.0.